The van der Waals surface area contributed by atoms with Crippen molar-refractivity contribution in [3.05, 3.63) is 60.3 Å². The molecule has 0 unspecified atom stereocenters. The van der Waals surface area contributed by atoms with Crippen molar-refractivity contribution in [3.8, 4) is 5.75 Å². The number of ketones is 1. The monoisotopic (exact) mass is 377 g/mol. The number of carbonyl (C=O) groups is 1. The number of rotatable bonds is 5. The minimum Gasteiger partial charge on any atom is -0.497 e. The van der Waals surface area contributed by atoms with E-state index in [0.29, 0.717) is 6.04 Å². The summed E-state index contributed by atoms with van der Waals surface area (Å²) in [5, 5.41) is 1.00. The number of ether oxygens (including phenoxy) is 1. The van der Waals surface area contributed by atoms with Gasteiger partial charge >= 0.3 is 0 Å². The maximum absolute atomic E-state index is 13.2. The molecule has 5 nitrogen and oxygen atoms in total. The molecule has 1 aliphatic heterocycles. The molecule has 1 aliphatic rings. The molecule has 2 aromatic carbocycles. The zero-order valence-corrected chi connectivity index (χ0v) is 16.7. The van der Waals surface area contributed by atoms with E-state index in [2.05, 4.69) is 33.8 Å². The van der Waals surface area contributed by atoms with Crippen molar-refractivity contribution in [2.24, 2.45) is 0 Å². The molecule has 0 amide bonds. The van der Waals surface area contributed by atoms with Crippen LogP contribution in [0.15, 0.2) is 54.7 Å². The van der Waals surface area contributed by atoms with Crippen LogP contribution in [0.25, 0.3) is 10.9 Å². The van der Waals surface area contributed by atoms with Gasteiger partial charge in [-0.2, -0.15) is 0 Å². The van der Waals surface area contributed by atoms with Crippen LogP contribution in [0.5, 0.6) is 5.75 Å². The Morgan fingerprint density at radius 2 is 1.89 bits per heavy atom. The summed E-state index contributed by atoms with van der Waals surface area (Å²) in [6.07, 6.45) is 1.85. The first kappa shape index (κ1) is 18.6. The van der Waals surface area contributed by atoms with Gasteiger partial charge in [-0.25, -0.2) is 0 Å². The third-order valence-corrected chi connectivity index (χ3v) is 5.84. The van der Waals surface area contributed by atoms with Gasteiger partial charge in [-0.3, -0.25) is 9.69 Å². The summed E-state index contributed by atoms with van der Waals surface area (Å²) in [7, 11) is 1.68. The Morgan fingerprint density at radius 1 is 1.14 bits per heavy atom. The van der Waals surface area contributed by atoms with Crippen LogP contribution in [0.1, 0.15) is 24.2 Å². The van der Waals surface area contributed by atoms with E-state index in [-0.39, 0.29) is 11.8 Å². The number of hydrogen-bond donors (Lipinski definition) is 1. The number of methoxy groups -OCH3 is 1. The van der Waals surface area contributed by atoms with E-state index in [1.807, 2.05) is 49.5 Å². The molecule has 1 aromatic heterocycles. The topological polar surface area (TPSA) is 48.6 Å². The van der Waals surface area contributed by atoms with E-state index in [9.17, 15) is 4.79 Å². The highest BCUT2D eigenvalue weighted by Crippen LogP contribution is 2.26. The average molecular weight is 377 g/mol. The molecule has 0 bridgehead atoms. The number of aromatic nitrogens is 1. The van der Waals surface area contributed by atoms with Crippen molar-refractivity contribution in [1.82, 2.24) is 9.88 Å². The molecule has 0 radical (unpaired) electrons. The van der Waals surface area contributed by atoms with Gasteiger partial charge in [0, 0.05) is 54.0 Å². The van der Waals surface area contributed by atoms with Crippen molar-refractivity contribution in [2.75, 3.05) is 31.6 Å². The number of nitrogens with zero attached hydrogens (tertiary/aromatic N) is 2. The Balaban J connectivity index is 1.46. The summed E-state index contributed by atoms with van der Waals surface area (Å²) in [5.41, 5.74) is 2.99. The third-order valence-electron chi connectivity index (χ3n) is 5.84. The fourth-order valence-electron chi connectivity index (χ4n) is 4.16. The van der Waals surface area contributed by atoms with Gasteiger partial charge in [0.2, 0.25) is 0 Å². The zero-order chi connectivity index (χ0) is 19.7. The summed E-state index contributed by atoms with van der Waals surface area (Å²) in [6, 6.07) is 16.4. The number of hydrogen-bond acceptors (Lipinski definition) is 4. The van der Waals surface area contributed by atoms with E-state index < -0.39 is 0 Å². The number of fused-ring (bicyclic) bond motifs is 1. The van der Waals surface area contributed by atoms with Gasteiger partial charge in [0.25, 0.3) is 0 Å². The lowest BCUT2D eigenvalue weighted by molar-refractivity contribution is 0.0813. The van der Waals surface area contributed by atoms with Crippen LogP contribution in [-0.4, -0.2) is 54.5 Å². The first-order valence-corrected chi connectivity index (χ1v) is 9.83. The van der Waals surface area contributed by atoms with Gasteiger partial charge in [-0.1, -0.05) is 18.2 Å². The number of anilines is 1. The first-order valence-electron chi connectivity index (χ1n) is 9.83. The Morgan fingerprint density at radius 3 is 2.61 bits per heavy atom. The van der Waals surface area contributed by atoms with Gasteiger partial charge < -0.3 is 14.6 Å². The first-order chi connectivity index (χ1) is 13.6. The molecule has 1 N–H and O–H groups in total. The molecule has 1 saturated heterocycles. The molecule has 28 heavy (non-hydrogen) atoms. The quantitative estimate of drug-likeness (QED) is 0.684. The predicted molar refractivity (Wildman–Crippen MR) is 113 cm³/mol. The number of Topliss-reactive ketones (excluding diaryl/α,β-unsaturated/α-hetero) is 1. The molecule has 4 rings (SSSR count). The molecule has 0 aliphatic carbocycles. The molecule has 0 saturated carbocycles. The lowest BCUT2D eigenvalue weighted by Crippen LogP contribution is -2.56. The molecular weight excluding hydrogens is 350 g/mol. The summed E-state index contributed by atoms with van der Waals surface area (Å²) in [4.78, 5) is 21.1. The van der Waals surface area contributed by atoms with Crippen molar-refractivity contribution in [3.63, 3.8) is 0 Å². The SMILES string of the molecule is COc1ccc(N2CCN([C@H](C)C(=O)c3c[nH]c4ccccc34)C[C@@H]2C)cc1. The molecule has 0 spiro atoms. The standard InChI is InChI=1S/C23H27N3O2/c1-16-15-25(12-13-26(16)18-8-10-19(28-3)11-9-18)17(2)23(27)21-14-24-22-7-5-4-6-20(21)22/h4-11,14,16-17,24H,12-13,15H2,1-3H3/t16-,17+/m0/s1. The third kappa shape index (κ3) is 3.38. The van der Waals surface area contributed by atoms with Crippen molar-refractivity contribution in [2.45, 2.75) is 25.9 Å². The minimum atomic E-state index is -0.139. The second-order valence-corrected chi connectivity index (χ2v) is 7.52. The Bertz CT molecular complexity index is 963. The van der Waals surface area contributed by atoms with Crippen LogP contribution < -0.4 is 9.64 Å². The lowest BCUT2D eigenvalue weighted by atomic mass is 10.0. The fourth-order valence-corrected chi connectivity index (χ4v) is 4.16. The number of aromatic amines is 1. The molecule has 2 atom stereocenters. The Labute approximate surface area is 165 Å². The van der Waals surface area contributed by atoms with Crippen molar-refractivity contribution >= 4 is 22.4 Å². The normalized spacial score (nSPS) is 19.0. The van der Waals surface area contributed by atoms with E-state index in [0.717, 1.165) is 41.9 Å². The van der Waals surface area contributed by atoms with Crippen LogP contribution in [0.4, 0.5) is 5.69 Å². The largest absolute Gasteiger partial charge is 0.497 e. The number of benzene rings is 2. The molecule has 5 heteroatoms. The average Bonchev–Trinajstić information content (AvgIpc) is 3.17. The van der Waals surface area contributed by atoms with Crippen LogP contribution in [0.2, 0.25) is 0 Å². The summed E-state index contributed by atoms with van der Waals surface area (Å²) < 4.78 is 5.26. The van der Waals surface area contributed by atoms with Crippen molar-refractivity contribution < 1.29 is 9.53 Å². The van der Waals surface area contributed by atoms with E-state index >= 15 is 0 Å². The van der Waals surface area contributed by atoms with Gasteiger partial charge in [-0.15, -0.1) is 0 Å². The Kier molecular flexibility index (Phi) is 5.09. The second kappa shape index (κ2) is 7.68. The zero-order valence-electron chi connectivity index (χ0n) is 16.7. The van der Waals surface area contributed by atoms with Crippen molar-refractivity contribution in [1.29, 1.82) is 0 Å². The second-order valence-electron chi connectivity index (χ2n) is 7.52. The summed E-state index contributed by atoms with van der Waals surface area (Å²) in [5.74, 6) is 1.05. The van der Waals surface area contributed by atoms with Crippen LogP contribution in [0, 0.1) is 0 Å². The number of para-hydroxylation sites is 1. The highest BCUT2D eigenvalue weighted by Gasteiger charge is 2.31. The highest BCUT2D eigenvalue weighted by atomic mass is 16.5. The Hall–Kier alpha value is -2.79. The van der Waals surface area contributed by atoms with Gasteiger partial charge in [0.05, 0.1) is 13.2 Å². The maximum Gasteiger partial charge on any atom is 0.181 e. The lowest BCUT2D eigenvalue weighted by Gasteiger charge is -2.43. The predicted octanol–water partition coefficient (Wildman–Crippen LogP) is 3.96. The van der Waals surface area contributed by atoms with Crippen LogP contribution in [0.3, 0.4) is 0 Å². The van der Waals surface area contributed by atoms with E-state index in [1.54, 1.807) is 7.11 Å². The minimum absolute atomic E-state index is 0.139. The molecule has 3 aromatic rings. The number of nitrogens with one attached hydrogen (secondary N) is 1. The van der Waals surface area contributed by atoms with Gasteiger partial charge in [0.1, 0.15) is 5.75 Å². The summed E-state index contributed by atoms with van der Waals surface area (Å²) >= 11 is 0. The van der Waals surface area contributed by atoms with Gasteiger partial charge in [-0.05, 0) is 44.2 Å². The maximum atomic E-state index is 13.2. The number of carbonyl (C=O) groups excluding carboxylic acids is 1. The van der Waals surface area contributed by atoms with Crippen LogP contribution in [-0.2, 0) is 0 Å². The molecule has 1 fully saturated rings. The molecule has 146 valence electrons. The van der Waals surface area contributed by atoms with E-state index in [1.165, 1.54) is 5.69 Å². The van der Waals surface area contributed by atoms with Crippen LogP contribution >= 0.6 is 0 Å². The number of H-pyrrole nitrogens is 1. The van der Waals surface area contributed by atoms with Gasteiger partial charge in [0.15, 0.2) is 5.78 Å². The fraction of sp³-hybridized carbons (Fsp3) is 0.348. The highest BCUT2D eigenvalue weighted by molar-refractivity contribution is 6.10. The summed E-state index contributed by atoms with van der Waals surface area (Å²) in [6.45, 7) is 6.88. The smallest absolute Gasteiger partial charge is 0.181 e. The molecule has 2 heterocycles. The number of piperazine rings is 1. The van der Waals surface area contributed by atoms with E-state index in [4.69, 9.17) is 4.74 Å². The molecular formula is C23H27N3O2.